The van der Waals surface area contributed by atoms with Gasteiger partial charge in [-0.2, -0.15) is 0 Å². The van der Waals surface area contributed by atoms with Crippen LogP contribution in [-0.4, -0.2) is 24.0 Å². The first-order valence-corrected chi connectivity index (χ1v) is 6.61. The van der Waals surface area contributed by atoms with Crippen molar-refractivity contribution in [1.29, 1.82) is 0 Å². The van der Waals surface area contributed by atoms with Crippen molar-refractivity contribution in [3.05, 3.63) is 54.6 Å². The molecule has 0 amide bonds. The van der Waals surface area contributed by atoms with E-state index in [-0.39, 0.29) is 0 Å². The number of ether oxygens (including phenoxy) is 2. The van der Waals surface area contributed by atoms with Crippen molar-refractivity contribution in [2.45, 2.75) is 0 Å². The van der Waals surface area contributed by atoms with Crippen LogP contribution in [0.5, 0.6) is 5.75 Å². The molecule has 0 saturated carbocycles. The lowest BCUT2D eigenvalue weighted by molar-refractivity contribution is -0.128. The predicted octanol–water partition coefficient (Wildman–Crippen LogP) is 3.20. The van der Waals surface area contributed by atoms with Gasteiger partial charge in [0.1, 0.15) is 5.75 Å². The molecule has 3 aromatic rings. The smallest absolute Gasteiger partial charge is 0.339 e. The Kier molecular flexibility index (Phi) is 3.39. The fourth-order valence-corrected chi connectivity index (χ4v) is 2.40. The molecule has 0 bridgehead atoms. The zero-order valence-corrected chi connectivity index (χ0v) is 11.9. The molecule has 2 aromatic carbocycles. The van der Waals surface area contributed by atoms with Crippen LogP contribution in [0.4, 0.5) is 0 Å². The van der Waals surface area contributed by atoms with Crippen molar-refractivity contribution in [3.8, 4) is 5.75 Å². The molecule has 0 radical (unpaired) electrons. The third-order valence-corrected chi connectivity index (χ3v) is 3.40. The van der Waals surface area contributed by atoms with Crippen LogP contribution in [0.1, 0.15) is 10.4 Å². The Hall–Kier alpha value is -3.08. The third-order valence-electron chi connectivity index (χ3n) is 3.40. The number of hydrogen-bond acceptors (Lipinski definition) is 4. The summed E-state index contributed by atoms with van der Waals surface area (Å²) in [4.78, 5) is 26.3. The van der Waals surface area contributed by atoms with Crippen molar-refractivity contribution in [1.82, 2.24) is 4.98 Å². The van der Waals surface area contributed by atoms with Gasteiger partial charge in [-0.05, 0) is 24.3 Å². The molecular weight excluding hydrogens is 282 g/mol. The number of fused-ring (bicyclic) bond motifs is 3. The first-order chi connectivity index (χ1) is 10.6. The summed E-state index contributed by atoms with van der Waals surface area (Å²) in [5, 5.41) is 1.71. The van der Waals surface area contributed by atoms with Crippen LogP contribution in [0.15, 0.2) is 49.1 Å². The summed E-state index contributed by atoms with van der Waals surface area (Å²) in [6.07, 6.45) is 1.11. The first kappa shape index (κ1) is 13.9. The Bertz CT molecular complexity index is 908. The summed E-state index contributed by atoms with van der Waals surface area (Å²) in [7, 11) is 1.34. The number of aromatic amines is 1. The standard InChI is InChI=1S/C17H13NO4/c1-3-15(19)22-10-7-8-14-13(9-10)11-5-4-6-12(16(11)18-14)17(20)21-2/h3-9,18H,1H2,2H3. The van der Waals surface area contributed by atoms with E-state index in [1.165, 1.54) is 7.11 Å². The second-order valence-electron chi connectivity index (χ2n) is 4.68. The summed E-state index contributed by atoms with van der Waals surface area (Å²) in [5.41, 5.74) is 1.99. The lowest BCUT2D eigenvalue weighted by atomic mass is 10.1. The van der Waals surface area contributed by atoms with Crippen molar-refractivity contribution < 1.29 is 19.1 Å². The molecule has 0 saturated heterocycles. The molecule has 0 aliphatic heterocycles. The van der Waals surface area contributed by atoms with E-state index in [1.54, 1.807) is 30.3 Å². The number of benzene rings is 2. The van der Waals surface area contributed by atoms with E-state index in [2.05, 4.69) is 11.6 Å². The Morgan fingerprint density at radius 2 is 2.00 bits per heavy atom. The topological polar surface area (TPSA) is 68.4 Å². The average Bonchev–Trinajstić information content (AvgIpc) is 2.92. The van der Waals surface area contributed by atoms with E-state index in [4.69, 9.17) is 9.47 Å². The maximum Gasteiger partial charge on any atom is 0.339 e. The monoisotopic (exact) mass is 295 g/mol. The highest BCUT2D eigenvalue weighted by molar-refractivity contribution is 6.14. The summed E-state index contributed by atoms with van der Waals surface area (Å²) in [5.74, 6) is -0.508. The number of rotatable bonds is 3. The van der Waals surface area contributed by atoms with Gasteiger partial charge in [-0.25, -0.2) is 9.59 Å². The second kappa shape index (κ2) is 5.37. The highest BCUT2D eigenvalue weighted by Gasteiger charge is 2.14. The number of aromatic nitrogens is 1. The predicted molar refractivity (Wildman–Crippen MR) is 83.0 cm³/mol. The summed E-state index contributed by atoms with van der Waals surface area (Å²) in [6.45, 7) is 3.37. The maximum atomic E-state index is 11.8. The number of esters is 2. The number of methoxy groups -OCH3 is 1. The minimum Gasteiger partial charge on any atom is -0.465 e. The minimum atomic E-state index is -0.519. The lowest BCUT2D eigenvalue weighted by Crippen LogP contribution is -2.02. The molecule has 1 heterocycles. The molecule has 110 valence electrons. The zero-order valence-electron chi connectivity index (χ0n) is 11.9. The van der Waals surface area contributed by atoms with Gasteiger partial charge in [0.2, 0.25) is 0 Å². The van der Waals surface area contributed by atoms with Crippen molar-refractivity contribution in [2.75, 3.05) is 7.11 Å². The van der Waals surface area contributed by atoms with E-state index in [9.17, 15) is 9.59 Å². The highest BCUT2D eigenvalue weighted by Crippen LogP contribution is 2.30. The van der Waals surface area contributed by atoms with E-state index < -0.39 is 11.9 Å². The van der Waals surface area contributed by atoms with Crippen LogP contribution in [0.3, 0.4) is 0 Å². The molecule has 3 rings (SSSR count). The van der Waals surface area contributed by atoms with Crippen LogP contribution in [-0.2, 0) is 9.53 Å². The Labute approximate surface area is 126 Å². The Morgan fingerprint density at radius 1 is 1.18 bits per heavy atom. The normalized spacial score (nSPS) is 10.6. The Morgan fingerprint density at radius 3 is 2.73 bits per heavy atom. The van der Waals surface area contributed by atoms with Gasteiger partial charge in [0, 0.05) is 22.4 Å². The van der Waals surface area contributed by atoms with Gasteiger partial charge in [-0.1, -0.05) is 18.7 Å². The SMILES string of the molecule is C=CC(=O)Oc1ccc2[nH]c3c(C(=O)OC)cccc3c2c1. The van der Waals surface area contributed by atoms with Crippen molar-refractivity contribution >= 4 is 33.7 Å². The molecule has 5 nitrogen and oxygen atoms in total. The van der Waals surface area contributed by atoms with Gasteiger partial charge in [0.15, 0.2) is 0 Å². The molecule has 1 N–H and O–H groups in total. The van der Waals surface area contributed by atoms with Gasteiger partial charge in [-0.3, -0.25) is 0 Å². The van der Waals surface area contributed by atoms with E-state index in [0.717, 1.165) is 22.4 Å². The van der Waals surface area contributed by atoms with Crippen molar-refractivity contribution in [3.63, 3.8) is 0 Å². The number of nitrogens with one attached hydrogen (secondary N) is 1. The fourth-order valence-electron chi connectivity index (χ4n) is 2.40. The average molecular weight is 295 g/mol. The highest BCUT2D eigenvalue weighted by atomic mass is 16.5. The number of carbonyl (C=O) groups excluding carboxylic acids is 2. The van der Waals surface area contributed by atoms with E-state index >= 15 is 0 Å². The van der Waals surface area contributed by atoms with Gasteiger partial charge in [0.05, 0.1) is 18.2 Å². The molecule has 0 atom stereocenters. The molecule has 0 aliphatic rings. The van der Waals surface area contributed by atoms with Crippen LogP contribution in [0.2, 0.25) is 0 Å². The van der Waals surface area contributed by atoms with Gasteiger partial charge < -0.3 is 14.5 Å². The maximum absolute atomic E-state index is 11.8. The van der Waals surface area contributed by atoms with Gasteiger partial charge >= 0.3 is 11.9 Å². The second-order valence-corrected chi connectivity index (χ2v) is 4.68. The van der Waals surface area contributed by atoms with Crippen LogP contribution >= 0.6 is 0 Å². The van der Waals surface area contributed by atoms with Crippen LogP contribution in [0, 0.1) is 0 Å². The molecule has 0 unspecified atom stereocenters. The molecule has 5 heteroatoms. The van der Waals surface area contributed by atoms with Crippen LogP contribution in [0.25, 0.3) is 21.8 Å². The van der Waals surface area contributed by atoms with E-state index in [0.29, 0.717) is 16.8 Å². The van der Waals surface area contributed by atoms with Gasteiger partial charge in [-0.15, -0.1) is 0 Å². The molecule has 22 heavy (non-hydrogen) atoms. The molecule has 0 spiro atoms. The first-order valence-electron chi connectivity index (χ1n) is 6.61. The molecule has 0 fully saturated rings. The number of H-pyrrole nitrogens is 1. The third kappa shape index (κ3) is 2.22. The number of hydrogen-bond donors (Lipinski definition) is 1. The summed E-state index contributed by atoms with van der Waals surface area (Å²) >= 11 is 0. The molecular formula is C17H13NO4. The van der Waals surface area contributed by atoms with Crippen molar-refractivity contribution in [2.24, 2.45) is 0 Å². The minimum absolute atomic E-state index is 0.407. The number of carbonyl (C=O) groups is 2. The number of para-hydroxylation sites is 1. The lowest BCUT2D eigenvalue weighted by Gasteiger charge is -2.01. The zero-order chi connectivity index (χ0) is 15.7. The quantitative estimate of drug-likeness (QED) is 0.458. The summed E-state index contributed by atoms with van der Waals surface area (Å²) in [6, 6.07) is 10.6. The largest absolute Gasteiger partial charge is 0.465 e. The fraction of sp³-hybridized carbons (Fsp3) is 0.0588. The van der Waals surface area contributed by atoms with E-state index in [1.807, 2.05) is 6.07 Å². The Balaban J connectivity index is 2.20. The summed E-state index contributed by atoms with van der Waals surface area (Å²) < 4.78 is 9.92. The molecule has 0 aliphatic carbocycles. The molecule has 1 aromatic heterocycles. The van der Waals surface area contributed by atoms with Crippen LogP contribution < -0.4 is 4.74 Å². The van der Waals surface area contributed by atoms with Gasteiger partial charge in [0.25, 0.3) is 0 Å².